The van der Waals surface area contributed by atoms with Crippen LogP contribution in [0.1, 0.15) is 26.2 Å². The van der Waals surface area contributed by atoms with E-state index in [-0.39, 0.29) is 17.8 Å². The molecule has 0 aliphatic heterocycles. The summed E-state index contributed by atoms with van der Waals surface area (Å²) in [6.07, 6.45) is 1.09. The molecule has 0 radical (unpaired) electrons. The molecule has 2 unspecified atom stereocenters. The van der Waals surface area contributed by atoms with Crippen molar-refractivity contribution >= 4 is 5.97 Å². The van der Waals surface area contributed by atoms with Crippen LogP contribution in [0.3, 0.4) is 0 Å². The van der Waals surface area contributed by atoms with Crippen LogP contribution in [0.15, 0.2) is 18.2 Å². The zero-order valence-electron chi connectivity index (χ0n) is 12.1. The first-order chi connectivity index (χ1) is 10.0. The van der Waals surface area contributed by atoms with E-state index in [9.17, 15) is 13.6 Å². The van der Waals surface area contributed by atoms with E-state index in [1.54, 1.807) is 14.0 Å². The van der Waals surface area contributed by atoms with Crippen LogP contribution in [0.25, 0.3) is 0 Å². The summed E-state index contributed by atoms with van der Waals surface area (Å²) in [6, 6.07) is 3.80. The smallest absolute Gasteiger partial charge is 0.326 e. The predicted octanol–water partition coefficient (Wildman–Crippen LogP) is 2.42. The summed E-state index contributed by atoms with van der Waals surface area (Å²) >= 11 is 0. The largest absolute Gasteiger partial charge is 0.487 e. The Morgan fingerprint density at radius 2 is 2.24 bits per heavy atom. The van der Waals surface area contributed by atoms with Crippen molar-refractivity contribution in [3.05, 3.63) is 29.8 Å². The highest BCUT2D eigenvalue weighted by molar-refractivity contribution is 5.81. The maximum absolute atomic E-state index is 13.6. The molecular formula is C15H19F2NO3. The third-order valence-corrected chi connectivity index (χ3v) is 3.82. The van der Waals surface area contributed by atoms with Gasteiger partial charge in [-0.15, -0.1) is 0 Å². The molecule has 0 aromatic heterocycles. The number of benzene rings is 1. The summed E-state index contributed by atoms with van der Waals surface area (Å²) in [7, 11) is 1.68. The average Bonchev–Trinajstić information content (AvgIpc) is 2.89. The molecule has 1 aliphatic rings. The minimum atomic E-state index is -1.00. The van der Waals surface area contributed by atoms with Crippen molar-refractivity contribution < 1.29 is 23.0 Å². The Morgan fingerprint density at radius 1 is 1.48 bits per heavy atom. The highest BCUT2D eigenvalue weighted by Gasteiger charge is 2.46. The lowest BCUT2D eigenvalue weighted by Gasteiger charge is -2.26. The van der Waals surface area contributed by atoms with Gasteiger partial charge >= 0.3 is 5.97 Å². The summed E-state index contributed by atoms with van der Waals surface area (Å²) in [4.78, 5) is 12.0. The average molecular weight is 299 g/mol. The van der Waals surface area contributed by atoms with Gasteiger partial charge in [-0.25, -0.2) is 4.39 Å². The lowest BCUT2D eigenvalue weighted by atomic mass is 9.98. The van der Waals surface area contributed by atoms with Gasteiger partial charge in [0.05, 0.1) is 6.61 Å². The van der Waals surface area contributed by atoms with Gasteiger partial charge in [-0.1, -0.05) is 6.07 Å². The predicted molar refractivity (Wildman–Crippen MR) is 73.0 cm³/mol. The molecule has 1 saturated carbocycles. The number of carbonyl (C=O) groups is 1. The zero-order chi connectivity index (χ0) is 15.5. The Kier molecular flexibility index (Phi) is 4.77. The van der Waals surface area contributed by atoms with Crippen molar-refractivity contribution in [2.75, 3.05) is 13.7 Å². The van der Waals surface area contributed by atoms with Gasteiger partial charge in [0, 0.05) is 6.42 Å². The molecule has 4 nitrogen and oxygen atoms in total. The quantitative estimate of drug-likeness (QED) is 0.848. The van der Waals surface area contributed by atoms with Crippen LogP contribution >= 0.6 is 0 Å². The van der Waals surface area contributed by atoms with Crippen molar-refractivity contribution in [2.45, 2.75) is 37.8 Å². The van der Waals surface area contributed by atoms with Gasteiger partial charge in [0.2, 0.25) is 5.82 Å². The number of esters is 1. The Labute approximate surface area is 122 Å². The first-order valence-corrected chi connectivity index (χ1v) is 6.99. The summed E-state index contributed by atoms with van der Waals surface area (Å²) in [5.74, 6) is -2.42. The van der Waals surface area contributed by atoms with Crippen molar-refractivity contribution in [1.29, 1.82) is 0 Å². The van der Waals surface area contributed by atoms with Crippen molar-refractivity contribution in [3.8, 4) is 5.75 Å². The van der Waals surface area contributed by atoms with E-state index in [2.05, 4.69) is 5.32 Å². The maximum atomic E-state index is 13.6. The highest BCUT2D eigenvalue weighted by atomic mass is 19.2. The van der Waals surface area contributed by atoms with Gasteiger partial charge in [0.1, 0.15) is 11.6 Å². The van der Waals surface area contributed by atoms with Gasteiger partial charge in [-0.3, -0.25) is 4.79 Å². The summed E-state index contributed by atoms with van der Waals surface area (Å²) in [6.45, 7) is 2.04. The van der Waals surface area contributed by atoms with E-state index < -0.39 is 17.2 Å². The van der Waals surface area contributed by atoms with Crippen LogP contribution in [0.4, 0.5) is 8.78 Å². The minimum absolute atomic E-state index is 0.129. The zero-order valence-corrected chi connectivity index (χ0v) is 12.1. The fourth-order valence-corrected chi connectivity index (χ4v) is 2.64. The first-order valence-electron chi connectivity index (χ1n) is 6.99. The molecule has 0 heterocycles. The van der Waals surface area contributed by atoms with Crippen LogP contribution in [0.5, 0.6) is 5.75 Å². The van der Waals surface area contributed by atoms with E-state index >= 15 is 0 Å². The lowest BCUT2D eigenvalue weighted by molar-refractivity contribution is -0.151. The molecule has 1 aliphatic carbocycles. The second-order valence-electron chi connectivity index (χ2n) is 5.09. The summed E-state index contributed by atoms with van der Waals surface area (Å²) in [5, 5.41) is 2.98. The first kappa shape index (κ1) is 15.7. The van der Waals surface area contributed by atoms with Gasteiger partial charge < -0.3 is 14.8 Å². The maximum Gasteiger partial charge on any atom is 0.326 e. The number of hydrogen-bond acceptors (Lipinski definition) is 4. The van der Waals surface area contributed by atoms with Gasteiger partial charge in [-0.2, -0.15) is 4.39 Å². The van der Waals surface area contributed by atoms with Crippen LogP contribution < -0.4 is 10.1 Å². The number of likely N-dealkylation sites (N-methyl/N-ethyl adjacent to an activating group) is 1. The van der Waals surface area contributed by atoms with Crippen LogP contribution in [0, 0.1) is 11.6 Å². The number of rotatable bonds is 5. The molecule has 116 valence electrons. The molecule has 0 bridgehead atoms. The molecule has 21 heavy (non-hydrogen) atoms. The Balaban J connectivity index is 2.08. The molecule has 1 aromatic carbocycles. The Morgan fingerprint density at radius 3 is 2.90 bits per heavy atom. The van der Waals surface area contributed by atoms with Gasteiger partial charge in [0.25, 0.3) is 0 Å². The van der Waals surface area contributed by atoms with Gasteiger partial charge in [0.15, 0.2) is 11.6 Å². The number of nitrogens with one attached hydrogen (secondary N) is 1. The van der Waals surface area contributed by atoms with Crippen LogP contribution in [-0.2, 0) is 9.53 Å². The fraction of sp³-hybridized carbons (Fsp3) is 0.533. The molecular weight excluding hydrogens is 280 g/mol. The topological polar surface area (TPSA) is 47.6 Å². The molecule has 0 saturated heterocycles. The number of halogens is 2. The SMILES string of the molecule is CCOC(=O)C1(NC)CCC(Oc2cccc(F)c2F)C1. The molecule has 2 atom stereocenters. The highest BCUT2D eigenvalue weighted by Crippen LogP contribution is 2.34. The lowest BCUT2D eigenvalue weighted by Crippen LogP contribution is -2.49. The standard InChI is InChI=1S/C15H19F2NO3/c1-3-20-14(19)15(18-2)8-7-10(9-15)21-12-6-4-5-11(16)13(12)17/h4-6,10,18H,3,7-9H2,1-2H3. The fourth-order valence-electron chi connectivity index (χ4n) is 2.64. The van der Waals surface area contributed by atoms with E-state index in [4.69, 9.17) is 9.47 Å². The normalized spacial score (nSPS) is 24.9. The number of carbonyl (C=O) groups excluding carboxylic acids is 1. The molecule has 2 rings (SSSR count). The molecule has 6 heteroatoms. The third-order valence-electron chi connectivity index (χ3n) is 3.82. The Hall–Kier alpha value is -1.69. The van der Waals surface area contributed by atoms with E-state index in [0.29, 0.717) is 25.9 Å². The summed E-state index contributed by atoms with van der Waals surface area (Å²) in [5.41, 5.74) is -0.815. The molecule has 0 amide bonds. The van der Waals surface area contributed by atoms with E-state index in [0.717, 1.165) is 6.07 Å². The Bertz CT molecular complexity index is 524. The van der Waals surface area contributed by atoms with Crippen molar-refractivity contribution in [2.24, 2.45) is 0 Å². The number of hydrogen-bond donors (Lipinski definition) is 1. The van der Waals surface area contributed by atoms with Crippen LogP contribution in [0.2, 0.25) is 0 Å². The molecule has 1 fully saturated rings. The molecule has 1 aromatic rings. The van der Waals surface area contributed by atoms with E-state index in [1.807, 2.05) is 0 Å². The monoisotopic (exact) mass is 299 g/mol. The second kappa shape index (κ2) is 6.39. The molecule has 0 spiro atoms. The van der Waals surface area contributed by atoms with Crippen LogP contribution in [-0.4, -0.2) is 31.3 Å². The summed E-state index contributed by atoms with van der Waals surface area (Å²) < 4.78 is 37.3. The second-order valence-corrected chi connectivity index (χ2v) is 5.09. The van der Waals surface area contributed by atoms with Crippen molar-refractivity contribution in [1.82, 2.24) is 5.32 Å². The number of ether oxygens (including phenoxy) is 2. The minimum Gasteiger partial charge on any atom is -0.487 e. The third kappa shape index (κ3) is 3.15. The van der Waals surface area contributed by atoms with E-state index in [1.165, 1.54) is 12.1 Å². The van der Waals surface area contributed by atoms with Crippen molar-refractivity contribution in [3.63, 3.8) is 0 Å². The van der Waals surface area contributed by atoms with Gasteiger partial charge in [-0.05, 0) is 38.9 Å². The molecule has 1 N–H and O–H groups in total.